The minimum Gasteiger partial charge on any atom is -0.330 e. The lowest BCUT2D eigenvalue weighted by atomic mass is 10.2. The molecule has 2 N–H and O–H groups in total. The predicted octanol–water partition coefficient (Wildman–Crippen LogP) is 2.09. The zero-order valence-electron chi connectivity index (χ0n) is 8.65. The van der Waals surface area contributed by atoms with E-state index in [1.807, 2.05) is 24.2 Å². The van der Waals surface area contributed by atoms with Crippen LogP contribution in [0.2, 0.25) is 0 Å². The van der Waals surface area contributed by atoms with Crippen molar-refractivity contribution in [2.75, 3.05) is 12.3 Å². The molecule has 1 unspecified atom stereocenters. The largest absolute Gasteiger partial charge is 0.330 e. The normalized spacial score (nSPS) is 12.7. The van der Waals surface area contributed by atoms with Gasteiger partial charge >= 0.3 is 0 Å². The fourth-order valence-electron chi connectivity index (χ4n) is 1.25. The molecular weight excluding hydrogens is 192 g/mol. The average Bonchev–Trinajstić information content (AvgIpc) is 2.20. The van der Waals surface area contributed by atoms with Crippen LogP contribution in [0.4, 0.5) is 0 Å². The first-order valence-electron chi connectivity index (χ1n) is 5.03. The van der Waals surface area contributed by atoms with Crippen LogP contribution in [-0.4, -0.2) is 22.5 Å². The third kappa shape index (κ3) is 4.63. The van der Waals surface area contributed by atoms with Crippen molar-refractivity contribution >= 4 is 11.8 Å². The van der Waals surface area contributed by atoms with Crippen molar-refractivity contribution in [3.63, 3.8) is 0 Å². The van der Waals surface area contributed by atoms with Gasteiger partial charge in [0.25, 0.3) is 0 Å². The molecule has 1 heterocycles. The highest BCUT2D eigenvalue weighted by molar-refractivity contribution is 7.99. The van der Waals surface area contributed by atoms with E-state index in [1.54, 1.807) is 0 Å². The Labute approximate surface area is 90.3 Å². The molecule has 0 saturated heterocycles. The van der Waals surface area contributed by atoms with Crippen LogP contribution in [0.25, 0.3) is 0 Å². The smallest absolute Gasteiger partial charge is 0.0270 e. The molecule has 1 rings (SSSR count). The molecule has 0 bridgehead atoms. The van der Waals surface area contributed by atoms with Gasteiger partial charge in [0.05, 0.1) is 0 Å². The van der Waals surface area contributed by atoms with E-state index in [4.69, 9.17) is 5.73 Å². The number of thioether (sulfide) groups is 1. The zero-order valence-corrected chi connectivity index (χ0v) is 9.46. The van der Waals surface area contributed by atoms with Crippen molar-refractivity contribution in [1.29, 1.82) is 0 Å². The quantitative estimate of drug-likeness (QED) is 0.781. The Bertz CT molecular complexity index is 238. The summed E-state index contributed by atoms with van der Waals surface area (Å²) >= 11 is 2.00. The molecule has 1 aromatic rings. The van der Waals surface area contributed by atoms with E-state index in [9.17, 15) is 0 Å². The van der Waals surface area contributed by atoms with Gasteiger partial charge in [0.15, 0.2) is 0 Å². The molecule has 0 amide bonds. The van der Waals surface area contributed by atoms with Crippen LogP contribution >= 0.6 is 11.8 Å². The summed E-state index contributed by atoms with van der Waals surface area (Å²) in [5, 5.41) is 0.682. The third-order valence-electron chi connectivity index (χ3n) is 2.12. The fourth-order valence-corrected chi connectivity index (χ4v) is 2.30. The lowest BCUT2D eigenvalue weighted by Crippen LogP contribution is -2.08. The number of aromatic nitrogens is 1. The van der Waals surface area contributed by atoms with Crippen LogP contribution in [0, 0.1) is 0 Å². The Morgan fingerprint density at radius 3 is 2.79 bits per heavy atom. The van der Waals surface area contributed by atoms with Crippen LogP contribution in [0.3, 0.4) is 0 Å². The van der Waals surface area contributed by atoms with Crippen LogP contribution < -0.4 is 5.73 Å². The highest BCUT2D eigenvalue weighted by Gasteiger charge is 2.00. The molecule has 0 aliphatic rings. The van der Waals surface area contributed by atoms with Crippen molar-refractivity contribution in [3.05, 3.63) is 30.1 Å². The van der Waals surface area contributed by atoms with Gasteiger partial charge in [0, 0.05) is 17.6 Å². The molecule has 3 heteroatoms. The molecule has 1 atom stereocenters. The Balaban J connectivity index is 2.16. The molecule has 0 aliphatic carbocycles. The minimum absolute atomic E-state index is 0.682. The van der Waals surface area contributed by atoms with Crippen molar-refractivity contribution in [3.8, 4) is 0 Å². The Hall–Kier alpha value is -0.540. The molecule has 14 heavy (non-hydrogen) atoms. The second-order valence-electron chi connectivity index (χ2n) is 3.36. The van der Waals surface area contributed by atoms with E-state index in [0.29, 0.717) is 5.25 Å². The highest BCUT2D eigenvalue weighted by Crippen LogP contribution is 2.14. The molecule has 2 nitrogen and oxygen atoms in total. The molecule has 0 aliphatic heterocycles. The van der Waals surface area contributed by atoms with Gasteiger partial charge in [-0.15, -0.1) is 0 Å². The lowest BCUT2D eigenvalue weighted by Gasteiger charge is -2.08. The second kappa shape index (κ2) is 6.85. The van der Waals surface area contributed by atoms with Crippen molar-refractivity contribution in [1.82, 2.24) is 4.98 Å². The van der Waals surface area contributed by atoms with Crippen molar-refractivity contribution in [2.24, 2.45) is 5.73 Å². The molecule has 0 spiro atoms. The minimum atomic E-state index is 0.682. The summed E-state index contributed by atoms with van der Waals surface area (Å²) in [6.45, 7) is 3.04. The molecule has 78 valence electrons. The summed E-state index contributed by atoms with van der Waals surface area (Å²) in [5.74, 6) is 1.17. The number of hydrogen-bond acceptors (Lipinski definition) is 3. The molecule has 0 radical (unpaired) electrons. The number of hydrogen-bond donors (Lipinski definition) is 1. The molecule has 1 aromatic heterocycles. The first-order chi connectivity index (χ1) is 6.83. The van der Waals surface area contributed by atoms with Gasteiger partial charge in [0.1, 0.15) is 0 Å². The molecule has 0 fully saturated rings. The standard InChI is InChI=1S/C11H18N2S/c1-10(2-6-12)14-9-5-11-3-7-13-8-4-11/h3-4,7-8,10H,2,5-6,9,12H2,1H3. The Morgan fingerprint density at radius 1 is 1.43 bits per heavy atom. The summed E-state index contributed by atoms with van der Waals surface area (Å²) in [4.78, 5) is 3.99. The maximum atomic E-state index is 5.49. The third-order valence-corrected chi connectivity index (χ3v) is 3.36. The summed E-state index contributed by atoms with van der Waals surface area (Å²) in [6, 6.07) is 4.16. The molecular formula is C11H18N2S. The fraction of sp³-hybridized carbons (Fsp3) is 0.545. The monoisotopic (exact) mass is 210 g/mol. The van der Waals surface area contributed by atoms with Gasteiger partial charge in [-0.2, -0.15) is 11.8 Å². The van der Waals surface area contributed by atoms with Gasteiger partial charge in [0.2, 0.25) is 0 Å². The predicted molar refractivity (Wildman–Crippen MR) is 63.5 cm³/mol. The van der Waals surface area contributed by atoms with Crippen molar-refractivity contribution < 1.29 is 0 Å². The first kappa shape index (κ1) is 11.5. The number of nitrogens with zero attached hydrogens (tertiary/aromatic N) is 1. The van der Waals surface area contributed by atoms with Gasteiger partial charge in [-0.05, 0) is 42.8 Å². The SMILES string of the molecule is CC(CCN)SCCc1ccncc1. The van der Waals surface area contributed by atoms with E-state index in [0.717, 1.165) is 19.4 Å². The van der Waals surface area contributed by atoms with Gasteiger partial charge < -0.3 is 5.73 Å². The summed E-state index contributed by atoms with van der Waals surface area (Å²) in [5.41, 5.74) is 6.86. The number of pyridine rings is 1. The second-order valence-corrected chi connectivity index (χ2v) is 4.91. The van der Waals surface area contributed by atoms with E-state index in [-0.39, 0.29) is 0 Å². The molecule has 0 aromatic carbocycles. The first-order valence-corrected chi connectivity index (χ1v) is 6.08. The topological polar surface area (TPSA) is 38.9 Å². The van der Waals surface area contributed by atoms with Crippen LogP contribution in [0.1, 0.15) is 18.9 Å². The van der Waals surface area contributed by atoms with Gasteiger partial charge in [-0.25, -0.2) is 0 Å². The maximum Gasteiger partial charge on any atom is 0.0270 e. The van der Waals surface area contributed by atoms with Crippen LogP contribution in [0.5, 0.6) is 0 Å². The number of nitrogens with two attached hydrogens (primary N) is 1. The summed E-state index contributed by atoms with van der Waals surface area (Å²) in [6.07, 6.45) is 5.94. The lowest BCUT2D eigenvalue weighted by molar-refractivity contribution is 0.822. The zero-order chi connectivity index (χ0) is 10.2. The van der Waals surface area contributed by atoms with Crippen molar-refractivity contribution in [2.45, 2.75) is 25.0 Å². The number of aryl methyl sites for hydroxylation is 1. The Morgan fingerprint density at radius 2 is 2.14 bits per heavy atom. The van der Waals surface area contributed by atoms with E-state index in [1.165, 1.54) is 11.3 Å². The number of rotatable bonds is 6. The van der Waals surface area contributed by atoms with E-state index < -0.39 is 0 Å². The van der Waals surface area contributed by atoms with Crippen LogP contribution in [-0.2, 0) is 6.42 Å². The van der Waals surface area contributed by atoms with Gasteiger partial charge in [-0.1, -0.05) is 6.92 Å². The molecule has 0 saturated carbocycles. The highest BCUT2D eigenvalue weighted by atomic mass is 32.2. The summed E-state index contributed by atoms with van der Waals surface area (Å²) in [7, 11) is 0. The van der Waals surface area contributed by atoms with E-state index in [2.05, 4.69) is 24.0 Å². The average molecular weight is 210 g/mol. The van der Waals surface area contributed by atoms with Crippen LogP contribution in [0.15, 0.2) is 24.5 Å². The van der Waals surface area contributed by atoms with Gasteiger partial charge in [-0.3, -0.25) is 4.98 Å². The Kier molecular flexibility index (Phi) is 5.64. The summed E-state index contributed by atoms with van der Waals surface area (Å²) < 4.78 is 0. The maximum absolute atomic E-state index is 5.49. The van der Waals surface area contributed by atoms with E-state index >= 15 is 0 Å².